The normalized spacial score (nSPS) is 15.4. The minimum Gasteiger partial charge on any atom is -0.379 e. The standard InChI is InChI=1S/C23H29N3O/c1-19-6-8-20(9-7-19)17-26-18-21(22-4-2-3-5-23(22)26)16-24-10-11-25-12-14-27-15-13-25/h2-9,18,24H,10-17H2,1H3. The summed E-state index contributed by atoms with van der Waals surface area (Å²) in [5.74, 6) is 0. The van der Waals surface area contributed by atoms with Crippen LogP contribution in [0.2, 0.25) is 0 Å². The molecule has 0 saturated carbocycles. The molecule has 1 aliphatic rings. The summed E-state index contributed by atoms with van der Waals surface area (Å²) in [6, 6.07) is 17.6. The molecule has 1 aromatic heterocycles. The quantitative estimate of drug-likeness (QED) is 0.652. The Morgan fingerprint density at radius 1 is 1.00 bits per heavy atom. The van der Waals surface area contributed by atoms with Crippen LogP contribution in [0.4, 0.5) is 0 Å². The van der Waals surface area contributed by atoms with Crippen molar-refractivity contribution >= 4 is 10.9 Å². The van der Waals surface area contributed by atoms with E-state index in [1.165, 1.54) is 27.6 Å². The number of ether oxygens (including phenoxy) is 1. The number of hydrogen-bond acceptors (Lipinski definition) is 3. The second kappa shape index (κ2) is 8.70. The lowest BCUT2D eigenvalue weighted by Gasteiger charge is -2.26. The van der Waals surface area contributed by atoms with Crippen molar-refractivity contribution in [1.82, 2.24) is 14.8 Å². The number of fused-ring (bicyclic) bond motifs is 1. The number of aromatic nitrogens is 1. The van der Waals surface area contributed by atoms with Crippen LogP contribution >= 0.6 is 0 Å². The summed E-state index contributed by atoms with van der Waals surface area (Å²) in [4.78, 5) is 2.47. The highest BCUT2D eigenvalue weighted by molar-refractivity contribution is 5.84. The molecule has 142 valence electrons. The molecule has 4 heteroatoms. The van der Waals surface area contributed by atoms with E-state index in [4.69, 9.17) is 4.74 Å². The first kappa shape index (κ1) is 18.2. The summed E-state index contributed by atoms with van der Waals surface area (Å²) in [7, 11) is 0. The second-order valence-corrected chi connectivity index (χ2v) is 7.42. The first-order valence-electron chi connectivity index (χ1n) is 9.93. The molecule has 0 amide bonds. The van der Waals surface area contributed by atoms with Crippen LogP contribution < -0.4 is 5.32 Å². The topological polar surface area (TPSA) is 29.4 Å². The first-order chi connectivity index (χ1) is 13.3. The van der Waals surface area contributed by atoms with Crippen molar-refractivity contribution in [2.45, 2.75) is 20.0 Å². The third-order valence-electron chi connectivity index (χ3n) is 5.37. The summed E-state index contributed by atoms with van der Waals surface area (Å²) in [6.45, 7) is 9.90. The SMILES string of the molecule is Cc1ccc(Cn2cc(CNCCN3CCOCC3)c3ccccc32)cc1. The highest BCUT2D eigenvalue weighted by Crippen LogP contribution is 2.22. The molecule has 1 aliphatic heterocycles. The molecule has 1 fully saturated rings. The number of morpholine rings is 1. The molecule has 2 aromatic carbocycles. The van der Waals surface area contributed by atoms with Gasteiger partial charge in [-0.3, -0.25) is 4.90 Å². The molecular weight excluding hydrogens is 334 g/mol. The minimum atomic E-state index is 0.868. The molecule has 3 aromatic rings. The van der Waals surface area contributed by atoms with Crippen molar-refractivity contribution in [2.24, 2.45) is 0 Å². The second-order valence-electron chi connectivity index (χ2n) is 7.42. The van der Waals surface area contributed by atoms with E-state index < -0.39 is 0 Å². The van der Waals surface area contributed by atoms with Gasteiger partial charge in [0.1, 0.15) is 0 Å². The Bertz CT molecular complexity index is 863. The van der Waals surface area contributed by atoms with Crippen LogP contribution in [0.15, 0.2) is 54.7 Å². The third-order valence-corrected chi connectivity index (χ3v) is 5.37. The van der Waals surface area contributed by atoms with E-state index in [9.17, 15) is 0 Å². The lowest BCUT2D eigenvalue weighted by Crippen LogP contribution is -2.40. The number of para-hydroxylation sites is 1. The Hall–Kier alpha value is -2.14. The van der Waals surface area contributed by atoms with Crippen LogP contribution in [-0.2, 0) is 17.8 Å². The summed E-state index contributed by atoms with van der Waals surface area (Å²) in [5, 5.41) is 4.98. The van der Waals surface area contributed by atoms with E-state index in [1.54, 1.807) is 0 Å². The van der Waals surface area contributed by atoms with Gasteiger partial charge in [0, 0.05) is 56.4 Å². The predicted octanol–water partition coefficient (Wildman–Crippen LogP) is 3.42. The highest BCUT2D eigenvalue weighted by atomic mass is 16.5. The van der Waals surface area contributed by atoms with Crippen molar-refractivity contribution < 1.29 is 4.74 Å². The van der Waals surface area contributed by atoms with Gasteiger partial charge in [-0.15, -0.1) is 0 Å². The monoisotopic (exact) mass is 363 g/mol. The maximum atomic E-state index is 5.42. The summed E-state index contributed by atoms with van der Waals surface area (Å²) in [5.41, 5.74) is 5.33. The molecule has 1 N–H and O–H groups in total. The van der Waals surface area contributed by atoms with E-state index in [2.05, 4.69) is 76.4 Å². The van der Waals surface area contributed by atoms with E-state index in [0.717, 1.165) is 52.5 Å². The third kappa shape index (κ3) is 4.59. The van der Waals surface area contributed by atoms with Crippen LogP contribution in [0.25, 0.3) is 10.9 Å². The van der Waals surface area contributed by atoms with Gasteiger partial charge in [-0.25, -0.2) is 0 Å². The Kier molecular flexibility index (Phi) is 5.87. The van der Waals surface area contributed by atoms with Crippen LogP contribution in [0.3, 0.4) is 0 Å². The Balaban J connectivity index is 1.42. The average Bonchev–Trinajstić information content (AvgIpc) is 3.06. The fourth-order valence-corrected chi connectivity index (χ4v) is 3.77. The number of nitrogens with zero attached hydrogens (tertiary/aromatic N) is 2. The van der Waals surface area contributed by atoms with Gasteiger partial charge >= 0.3 is 0 Å². The van der Waals surface area contributed by atoms with E-state index in [0.29, 0.717) is 0 Å². The zero-order valence-electron chi connectivity index (χ0n) is 16.2. The molecule has 1 saturated heterocycles. The van der Waals surface area contributed by atoms with E-state index >= 15 is 0 Å². The molecule has 4 rings (SSSR count). The number of rotatable bonds is 7. The molecule has 0 unspecified atom stereocenters. The molecule has 0 atom stereocenters. The van der Waals surface area contributed by atoms with E-state index in [1.807, 2.05) is 0 Å². The minimum absolute atomic E-state index is 0.868. The van der Waals surface area contributed by atoms with Crippen LogP contribution in [0.5, 0.6) is 0 Å². The molecule has 0 aliphatic carbocycles. The fraction of sp³-hybridized carbons (Fsp3) is 0.391. The molecule has 0 spiro atoms. The van der Waals surface area contributed by atoms with Crippen LogP contribution in [-0.4, -0.2) is 48.9 Å². The van der Waals surface area contributed by atoms with Crippen LogP contribution in [0.1, 0.15) is 16.7 Å². The fourth-order valence-electron chi connectivity index (χ4n) is 3.77. The van der Waals surface area contributed by atoms with Gasteiger partial charge in [0.15, 0.2) is 0 Å². The maximum absolute atomic E-state index is 5.42. The van der Waals surface area contributed by atoms with Gasteiger partial charge in [0.2, 0.25) is 0 Å². The van der Waals surface area contributed by atoms with Gasteiger partial charge in [-0.2, -0.15) is 0 Å². The number of nitrogens with one attached hydrogen (secondary N) is 1. The Morgan fingerprint density at radius 3 is 2.59 bits per heavy atom. The smallest absolute Gasteiger partial charge is 0.0594 e. The summed E-state index contributed by atoms with van der Waals surface area (Å²) in [6.07, 6.45) is 2.31. The van der Waals surface area contributed by atoms with Crippen molar-refractivity contribution in [2.75, 3.05) is 39.4 Å². The number of benzene rings is 2. The van der Waals surface area contributed by atoms with Crippen molar-refractivity contribution in [3.8, 4) is 0 Å². The highest BCUT2D eigenvalue weighted by Gasteiger charge is 2.11. The molecular formula is C23H29N3O. The van der Waals surface area contributed by atoms with Gasteiger partial charge < -0.3 is 14.6 Å². The zero-order valence-corrected chi connectivity index (χ0v) is 16.2. The van der Waals surface area contributed by atoms with Crippen LogP contribution in [0, 0.1) is 6.92 Å². The van der Waals surface area contributed by atoms with Gasteiger partial charge in [0.05, 0.1) is 13.2 Å². The molecule has 2 heterocycles. The van der Waals surface area contributed by atoms with Gasteiger partial charge in [0.25, 0.3) is 0 Å². The lowest BCUT2D eigenvalue weighted by molar-refractivity contribution is 0.0384. The largest absolute Gasteiger partial charge is 0.379 e. The van der Waals surface area contributed by atoms with Crippen molar-refractivity contribution in [3.05, 3.63) is 71.4 Å². The first-order valence-corrected chi connectivity index (χ1v) is 9.93. The number of hydrogen-bond donors (Lipinski definition) is 1. The van der Waals surface area contributed by atoms with E-state index in [-0.39, 0.29) is 0 Å². The molecule has 0 bridgehead atoms. The van der Waals surface area contributed by atoms with Crippen molar-refractivity contribution in [3.63, 3.8) is 0 Å². The predicted molar refractivity (Wildman–Crippen MR) is 111 cm³/mol. The lowest BCUT2D eigenvalue weighted by atomic mass is 10.1. The van der Waals surface area contributed by atoms with Crippen molar-refractivity contribution in [1.29, 1.82) is 0 Å². The molecule has 4 nitrogen and oxygen atoms in total. The maximum Gasteiger partial charge on any atom is 0.0594 e. The molecule has 27 heavy (non-hydrogen) atoms. The summed E-state index contributed by atoms with van der Waals surface area (Å²) < 4.78 is 7.79. The summed E-state index contributed by atoms with van der Waals surface area (Å²) >= 11 is 0. The Morgan fingerprint density at radius 2 is 1.78 bits per heavy atom. The zero-order chi connectivity index (χ0) is 18.5. The number of aryl methyl sites for hydroxylation is 1. The van der Waals surface area contributed by atoms with Gasteiger partial charge in [-0.1, -0.05) is 48.0 Å². The average molecular weight is 364 g/mol. The Labute approximate surface area is 161 Å². The van der Waals surface area contributed by atoms with Gasteiger partial charge in [-0.05, 0) is 24.1 Å². The molecule has 0 radical (unpaired) electrons.